The average molecular weight is 583 g/mol. The van der Waals surface area contributed by atoms with E-state index in [1.807, 2.05) is 11.8 Å². The fourth-order valence-electron chi connectivity index (χ4n) is 3.79. The van der Waals surface area contributed by atoms with Crippen molar-refractivity contribution < 1.29 is 33.3 Å². The number of allylic oxidation sites excluding steroid dienone is 2. The molecule has 0 N–H and O–H groups in total. The average Bonchev–Trinajstić information content (AvgIpc) is 3.25. The Morgan fingerprint density at radius 3 is 2.81 bits per heavy atom. The Balaban J connectivity index is 0.00000272. The highest BCUT2D eigenvalue weighted by atomic mass is 127. The molecule has 0 amide bonds. The fourth-order valence-corrected chi connectivity index (χ4v) is 7.23. The molecule has 2 aromatic rings. The number of nitrogens with zero attached hydrogens (tertiary/aromatic N) is 2. The SMILES string of the molecule is CC[n+]1c(C=CC=C2Sc3ccccc3N2CCC[Si](C)(C)C)sc2c1OCC=C2.[I-]. The number of aromatic nitrogens is 1. The predicted octanol–water partition coefficient (Wildman–Crippen LogP) is 3.66. The summed E-state index contributed by atoms with van der Waals surface area (Å²) in [6.07, 6.45) is 12.2. The van der Waals surface area contributed by atoms with Gasteiger partial charge in [0.15, 0.2) is 6.54 Å². The molecule has 0 saturated carbocycles. The van der Waals surface area contributed by atoms with E-state index in [1.54, 1.807) is 11.3 Å². The molecule has 0 atom stereocenters. The van der Waals surface area contributed by atoms with E-state index < -0.39 is 8.07 Å². The van der Waals surface area contributed by atoms with E-state index in [2.05, 4.69) is 90.7 Å². The molecule has 4 rings (SSSR count). The minimum atomic E-state index is -1.01. The molecule has 2 aliphatic heterocycles. The topological polar surface area (TPSA) is 16.4 Å². The largest absolute Gasteiger partial charge is 1.00 e. The van der Waals surface area contributed by atoms with Crippen LogP contribution in [0.15, 0.2) is 52.4 Å². The second kappa shape index (κ2) is 10.7. The molecule has 0 bridgehead atoms. The monoisotopic (exact) mass is 582 g/mol. The van der Waals surface area contributed by atoms with E-state index >= 15 is 0 Å². The molecule has 3 nitrogen and oxygen atoms in total. The summed E-state index contributed by atoms with van der Waals surface area (Å²) in [5.41, 5.74) is 1.35. The van der Waals surface area contributed by atoms with Gasteiger partial charge < -0.3 is 33.6 Å². The van der Waals surface area contributed by atoms with Crippen molar-refractivity contribution in [2.24, 2.45) is 0 Å². The third-order valence-corrected chi connectivity index (χ3v) is 9.34. The van der Waals surface area contributed by atoms with Gasteiger partial charge in [0.05, 0.1) is 10.7 Å². The van der Waals surface area contributed by atoms with Crippen LogP contribution >= 0.6 is 23.1 Å². The third-order valence-electron chi connectivity index (χ3n) is 5.26. The summed E-state index contributed by atoms with van der Waals surface area (Å²) in [7, 11) is -1.01. The minimum absolute atomic E-state index is 0. The second-order valence-electron chi connectivity index (χ2n) is 8.82. The van der Waals surface area contributed by atoms with Crippen molar-refractivity contribution in [1.82, 2.24) is 0 Å². The smallest absolute Gasteiger partial charge is 0.387 e. The molecule has 0 unspecified atom stereocenters. The van der Waals surface area contributed by atoms with Crippen LogP contribution in [0.1, 0.15) is 23.2 Å². The predicted molar refractivity (Wildman–Crippen MR) is 134 cm³/mol. The van der Waals surface area contributed by atoms with Crippen LogP contribution in [0, 0.1) is 0 Å². The van der Waals surface area contributed by atoms with Crippen molar-refractivity contribution in [3.8, 4) is 5.88 Å². The van der Waals surface area contributed by atoms with E-state index in [0.29, 0.717) is 6.61 Å². The summed E-state index contributed by atoms with van der Waals surface area (Å²) in [5.74, 6) is 1.01. The molecule has 166 valence electrons. The van der Waals surface area contributed by atoms with Gasteiger partial charge in [0, 0.05) is 25.6 Å². The molecule has 2 aliphatic rings. The van der Waals surface area contributed by atoms with Gasteiger partial charge in [-0.15, -0.1) is 0 Å². The Morgan fingerprint density at radius 2 is 2.03 bits per heavy atom. The lowest BCUT2D eigenvalue weighted by molar-refractivity contribution is -0.695. The zero-order chi connectivity index (χ0) is 21.1. The van der Waals surface area contributed by atoms with E-state index in [0.717, 1.165) is 19.0 Å². The number of halogens is 1. The first-order chi connectivity index (χ1) is 14.5. The summed E-state index contributed by atoms with van der Waals surface area (Å²) in [4.78, 5) is 5.08. The normalized spacial score (nSPS) is 16.4. The van der Waals surface area contributed by atoms with Crippen LogP contribution in [0.25, 0.3) is 12.2 Å². The number of benzene rings is 1. The van der Waals surface area contributed by atoms with Crippen LogP contribution in [0.3, 0.4) is 0 Å². The van der Waals surface area contributed by atoms with Gasteiger partial charge in [0.2, 0.25) is 0 Å². The maximum atomic E-state index is 5.87. The molecule has 1 aromatic carbocycles. The molecule has 31 heavy (non-hydrogen) atoms. The summed E-state index contributed by atoms with van der Waals surface area (Å²) >= 11 is 3.68. The Morgan fingerprint density at radius 1 is 1.23 bits per heavy atom. The molecule has 3 heterocycles. The first kappa shape index (κ1) is 24.6. The fraction of sp³-hybridized carbons (Fsp3) is 0.375. The van der Waals surface area contributed by atoms with Gasteiger partial charge >= 0.3 is 5.88 Å². The standard InChI is InChI=1S/C24H31N2OS2Si.HI/c1-5-25-22(29-21-13-9-17-27-24(21)25)14-8-15-23-26(16-10-18-30(2,3)4)19-11-6-7-12-20(19)28-23;/h6-9,11-15H,5,10,16-18H2,1-4H3;1H/q+1;/p-1. The van der Waals surface area contributed by atoms with Crippen LogP contribution in [-0.4, -0.2) is 21.2 Å². The van der Waals surface area contributed by atoms with Gasteiger partial charge in [-0.1, -0.05) is 67.0 Å². The van der Waals surface area contributed by atoms with Crippen molar-refractivity contribution in [3.63, 3.8) is 0 Å². The Hall–Kier alpha value is -1.03. The van der Waals surface area contributed by atoms with Crippen molar-refractivity contribution in [1.29, 1.82) is 0 Å². The number of hydrogen-bond donors (Lipinski definition) is 0. The van der Waals surface area contributed by atoms with E-state index in [-0.39, 0.29) is 24.0 Å². The number of thioether (sulfide) groups is 1. The van der Waals surface area contributed by atoms with E-state index in [4.69, 9.17) is 4.74 Å². The van der Waals surface area contributed by atoms with Crippen LogP contribution in [0.5, 0.6) is 5.88 Å². The van der Waals surface area contributed by atoms with Crippen LogP contribution in [0.2, 0.25) is 25.7 Å². The number of thiazole rings is 1. The highest BCUT2D eigenvalue weighted by molar-refractivity contribution is 8.03. The third kappa shape index (κ3) is 5.86. The van der Waals surface area contributed by atoms with Crippen molar-refractivity contribution >= 4 is 49.0 Å². The van der Waals surface area contributed by atoms with Gasteiger partial charge in [-0.25, -0.2) is 0 Å². The number of para-hydroxylation sites is 1. The Bertz CT molecular complexity index is 1010. The molecule has 0 spiro atoms. The first-order valence-electron chi connectivity index (χ1n) is 10.7. The second-order valence-corrected chi connectivity index (χ2v) is 16.6. The lowest BCUT2D eigenvalue weighted by atomic mass is 10.3. The van der Waals surface area contributed by atoms with Gasteiger partial charge in [0.1, 0.15) is 11.5 Å². The zero-order valence-electron chi connectivity index (χ0n) is 18.7. The van der Waals surface area contributed by atoms with Crippen LogP contribution < -0.4 is 38.2 Å². The highest BCUT2D eigenvalue weighted by Crippen LogP contribution is 2.46. The van der Waals surface area contributed by atoms with Crippen LogP contribution in [0.4, 0.5) is 5.69 Å². The van der Waals surface area contributed by atoms with Gasteiger partial charge in [-0.2, -0.15) is 4.57 Å². The van der Waals surface area contributed by atoms with Crippen LogP contribution in [-0.2, 0) is 6.54 Å². The molecule has 1 aromatic heterocycles. The highest BCUT2D eigenvalue weighted by Gasteiger charge is 2.27. The van der Waals surface area contributed by atoms with Crippen molar-refractivity contribution in [2.75, 3.05) is 18.1 Å². The number of rotatable bonds is 7. The summed E-state index contributed by atoms with van der Waals surface area (Å²) in [5, 5.41) is 2.56. The zero-order valence-corrected chi connectivity index (χ0v) is 23.5. The lowest BCUT2D eigenvalue weighted by Gasteiger charge is -2.22. The maximum absolute atomic E-state index is 5.87. The molecule has 0 radical (unpaired) electrons. The van der Waals surface area contributed by atoms with Crippen molar-refractivity contribution in [3.05, 3.63) is 57.4 Å². The Labute approximate surface area is 212 Å². The van der Waals surface area contributed by atoms with E-state index in [9.17, 15) is 0 Å². The Kier molecular flexibility index (Phi) is 8.51. The number of hydrogen-bond acceptors (Lipinski definition) is 4. The number of anilines is 1. The molecule has 0 fully saturated rings. The maximum Gasteiger partial charge on any atom is 0.387 e. The molecular weight excluding hydrogens is 551 g/mol. The quantitative estimate of drug-likeness (QED) is 0.282. The minimum Gasteiger partial charge on any atom is -1.00 e. The van der Waals surface area contributed by atoms with Gasteiger partial charge in [0.25, 0.3) is 5.01 Å². The van der Waals surface area contributed by atoms with Gasteiger partial charge in [-0.3, -0.25) is 0 Å². The number of ether oxygens (including phenoxy) is 1. The van der Waals surface area contributed by atoms with Crippen molar-refractivity contribution in [2.45, 2.75) is 50.5 Å². The summed E-state index contributed by atoms with van der Waals surface area (Å²) in [6, 6.07) is 10.1. The van der Waals surface area contributed by atoms with Gasteiger partial charge in [-0.05, 0) is 43.7 Å². The number of fused-ring (bicyclic) bond motifs is 2. The summed E-state index contributed by atoms with van der Waals surface area (Å²) < 4.78 is 8.13. The first-order valence-corrected chi connectivity index (χ1v) is 16.1. The summed E-state index contributed by atoms with van der Waals surface area (Å²) in [6.45, 7) is 12.2. The molecular formula is C24H31IN2OS2Si. The molecule has 7 heteroatoms. The molecule has 0 saturated heterocycles. The lowest BCUT2D eigenvalue weighted by Crippen LogP contribution is -3.00. The van der Waals surface area contributed by atoms with E-state index in [1.165, 1.54) is 38.0 Å². The molecule has 0 aliphatic carbocycles.